The molecule has 9 heteroatoms. The van der Waals surface area contributed by atoms with Crippen molar-refractivity contribution in [1.82, 2.24) is 10.6 Å². The number of para-hydroxylation sites is 1. The third-order valence-electron chi connectivity index (χ3n) is 5.04. The molecule has 1 fully saturated rings. The number of benzene rings is 1. The third kappa shape index (κ3) is 5.98. The maximum absolute atomic E-state index is 12.7. The van der Waals surface area contributed by atoms with E-state index in [9.17, 15) is 13.2 Å². The third-order valence-corrected chi connectivity index (χ3v) is 7.05. The Kier molecular flexibility index (Phi) is 10.7. The van der Waals surface area contributed by atoms with Crippen LogP contribution in [-0.4, -0.2) is 58.1 Å². The van der Waals surface area contributed by atoms with Crippen molar-refractivity contribution in [1.29, 1.82) is 0 Å². The molecule has 0 unspecified atom stereocenters. The summed E-state index contributed by atoms with van der Waals surface area (Å²) in [7, 11) is -3.47. The lowest BCUT2D eigenvalue weighted by molar-refractivity contribution is -0.124. The molecule has 27 heavy (non-hydrogen) atoms. The van der Waals surface area contributed by atoms with Gasteiger partial charge >= 0.3 is 0 Å². The number of piperidine rings is 1. The number of anilines is 1. The largest absolute Gasteiger partial charge is 0.370 e. The van der Waals surface area contributed by atoms with Gasteiger partial charge in [-0.1, -0.05) is 18.2 Å². The lowest BCUT2D eigenvalue weighted by Crippen LogP contribution is -2.57. The number of sulfone groups is 1. The zero-order chi connectivity index (χ0) is 18.5. The highest BCUT2D eigenvalue weighted by atomic mass is 35.5. The average Bonchev–Trinajstić information content (AvgIpc) is 2.59. The SMILES string of the molecule is CCN(CCNC(=O)C1(S(C)(=O)=O)CCNCC1)c1ccccc1C.Cl.Cl. The molecule has 0 atom stereocenters. The van der Waals surface area contributed by atoms with Gasteiger partial charge in [0, 0.05) is 31.6 Å². The van der Waals surface area contributed by atoms with Gasteiger partial charge in [0.05, 0.1) is 0 Å². The second-order valence-electron chi connectivity index (χ2n) is 6.64. The lowest BCUT2D eigenvalue weighted by atomic mass is 9.96. The van der Waals surface area contributed by atoms with Crippen LogP contribution in [0.15, 0.2) is 24.3 Å². The van der Waals surface area contributed by atoms with Gasteiger partial charge in [0.1, 0.15) is 0 Å². The highest BCUT2D eigenvalue weighted by Gasteiger charge is 2.48. The molecule has 1 aliphatic rings. The summed E-state index contributed by atoms with van der Waals surface area (Å²) in [6.07, 6.45) is 1.82. The van der Waals surface area contributed by atoms with Crippen LogP contribution >= 0.6 is 24.8 Å². The number of nitrogens with one attached hydrogen (secondary N) is 2. The van der Waals surface area contributed by atoms with Crippen LogP contribution in [0.4, 0.5) is 5.69 Å². The highest BCUT2D eigenvalue weighted by Crippen LogP contribution is 2.28. The molecule has 1 aliphatic heterocycles. The number of carbonyl (C=O) groups excluding carboxylic acids is 1. The van der Waals surface area contributed by atoms with Gasteiger partial charge in [0.2, 0.25) is 5.91 Å². The molecule has 156 valence electrons. The van der Waals surface area contributed by atoms with E-state index in [1.807, 2.05) is 12.1 Å². The molecule has 0 saturated carbocycles. The number of halogens is 2. The summed E-state index contributed by atoms with van der Waals surface area (Å²) in [5.74, 6) is -0.364. The molecule has 6 nitrogen and oxygen atoms in total. The molecule has 1 heterocycles. The minimum Gasteiger partial charge on any atom is -0.370 e. The summed E-state index contributed by atoms with van der Waals surface area (Å²) in [6, 6.07) is 8.12. The Morgan fingerprint density at radius 1 is 1.22 bits per heavy atom. The van der Waals surface area contributed by atoms with E-state index in [-0.39, 0.29) is 30.7 Å². The van der Waals surface area contributed by atoms with E-state index in [0.29, 0.717) is 39.0 Å². The summed E-state index contributed by atoms with van der Waals surface area (Å²) in [6.45, 7) is 7.11. The van der Waals surface area contributed by atoms with Crippen LogP contribution in [0.1, 0.15) is 25.3 Å². The van der Waals surface area contributed by atoms with E-state index < -0.39 is 14.6 Å². The van der Waals surface area contributed by atoms with Gasteiger partial charge in [-0.15, -0.1) is 24.8 Å². The molecular weight excluding hydrogens is 409 g/mol. The van der Waals surface area contributed by atoms with Crippen LogP contribution in [0.2, 0.25) is 0 Å². The van der Waals surface area contributed by atoms with Crippen molar-refractivity contribution < 1.29 is 13.2 Å². The predicted octanol–water partition coefficient (Wildman–Crippen LogP) is 1.95. The van der Waals surface area contributed by atoms with Crippen molar-refractivity contribution in [2.45, 2.75) is 31.4 Å². The summed E-state index contributed by atoms with van der Waals surface area (Å²) in [4.78, 5) is 14.9. The first-order valence-corrected chi connectivity index (χ1v) is 10.7. The zero-order valence-electron chi connectivity index (χ0n) is 16.2. The first-order chi connectivity index (χ1) is 11.8. The molecule has 0 radical (unpaired) electrons. The number of nitrogens with zero attached hydrogens (tertiary/aromatic N) is 1. The Balaban J connectivity index is 0.00000338. The fourth-order valence-corrected chi connectivity index (χ4v) is 4.78. The maximum atomic E-state index is 12.7. The van der Waals surface area contributed by atoms with Crippen LogP contribution in [0.25, 0.3) is 0 Å². The lowest BCUT2D eigenvalue weighted by Gasteiger charge is -2.34. The molecule has 0 aromatic heterocycles. The van der Waals surface area contributed by atoms with E-state index in [1.54, 1.807) is 0 Å². The van der Waals surface area contributed by atoms with Crippen molar-refractivity contribution in [3.05, 3.63) is 29.8 Å². The predicted molar refractivity (Wildman–Crippen MR) is 116 cm³/mol. The zero-order valence-corrected chi connectivity index (χ0v) is 18.6. The molecule has 0 spiro atoms. The maximum Gasteiger partial charge on any atom is 0.241 e. The van der Waals surface area contributed by atoms with Crippen molar-refractivity contribution in [3.63, 3.8) is 0 Å². The Morgan fingerprint density at radius 2 is 1.81 bits per heavy atom. The van der Waals surface area contributed by atoms with E-state index in [4.69, 9.17) is 0 Å². The number of hydrogen-bond donors (Lipinski definition) is 2. The number of carbonyl (C=O) groups is 1. The fourth-order valence-electron chi connectivity index (χ4n) is 3.43. The van der Waals surface area contributed by atoms with E-state index in [2.05, 4.69) is 41.5 Å². The standard InChI is InChI=1S/C18H29N3O3S.2ClH/c1-4-21(16-8-6-5-7-15(16)2)14-13-20-17(22)18(25(3,23)24)9-11-19-12-10-18;;/h5-8,19H,4,9-14H2,1-3H3,(H,20,22);2*1H. The van der Waals surface area contributed by atoms with Gasteiger partial charge in [0.15, 0.2) is 14.6 Å². The van der Waals surface area contributed by atoms with Crippen molar-refractivity contribution >= 4 is 46.2 Å². The number of likely N-dealkylation sites (N-methyl/N-ethyl adjacent to an activating group) is 1. The van der Waals surface area contributed by atoms with Gasteiger partial charge in [-0.05, 0) is 51.4 Å². The normalized spacial score (nSPS) is 15.8. The molecule has 1 saturated heterocycles. The smallest absolute Gasteiger partial charge is 0.241 e. The summed E-state index contributed by atoms with van der Waals surface area (Å²) < 4.78 is 23.2. The molecular formula is C18H31Cl2N3O3S. The molecule has 2 rings (SSSR count). The Labute approximate surface area is 175 Å². The first kappa shape index (κ1) is 26.0. The van der Waals surface area contributed by atoms with Crippen LogP contribution in [0.5, 0.6) is 0 Å². The van der Waals surface area contributed by atoms with Gasteiger partial charge in [-0.25, -0.2) is 8.42 Å². The second kappa shape index (κ2) is 11.1. The van der Waals surface area contributed by atoms with Crippen molar-refractivity contribution in [3.8, 4) is 0 Å². The average molecular weight is 440 g/mol. The van der Waals surface area contributed by atoms with Crippen molar-refractivity contribution in [2.24, 2.45) is 0 Å². The van der Waals surface area contributed by atoms with E-state index in [1.165, 1.54) is 11.8 Å². The number of aryl methyl sites for hydroxylation is 1. The fraction of sp³-hybridized carbons (Fsp3) is 0.611. The molecule has 1 aromatic rings. The summed E-state index contributed by atoms with van der Waals surface area (Å²) >= 11 is 0. The second-order valence-corrected chi connectivity index (χ2v) is 8.96. The monoisotopic (exact) mass is 439 g/mol. The van der Waals surface area contributed by atoms with Gasteiger partial charge in [-0.3, -0.25) is 4.79 Å². The quantitative estimate of drug-likeness (QED) is 0.678. The number of amides is 1. The molecule has 1 aromatic carbocycles. The molecule has 0 aliphatic carbocycles. The van der Waals surface area contributed by atoms with E-state index in [0.717, 1.165) is 12.2 Å². The topological polar surface area (TPSA) is 78.5 Å². The Bertz CT molecular complexity index is 708. The van der Waals surface area contributed by atoms with Crippen LogP contribution in [0, 0.1) is 6.92 Å². The molecule has 0 bridgehead atoms. The van der Waals surface area contributed by atoms with Crippen LogP contribution in [-0.2, 0) is 14.6 Å². The number of hydrogen-bond acceptors (Lipinski definition) is 5. The van der Waals surface area contributed by atoms with Gasteiger partial charge in [0.25, 0.3) is 0 Å². The van der Waals surface area contributed by atoms with Gasteiger partial charge < -0.3 is 15.5 Å². The minimum atomic E-state index is -3.47. The molecule has 2 N–H and O–H groups in total. The minimum absolute atomic E-state index is 0. The van der Waals surface area contributed by atoms with Crippen LogP contribution < -0.4 is 15.5 Å². The summed E-state index contributed by atoms with van der Waals surface area (Å²) in [5, 5.41) is 5.99. The Morgan fingerprint density at radius 3 is 2.33 bits per heavy atom. The summed E-state index contributed by atoms with van der Waals surface area (Å²) in [5.41, 5.74) is 2.32. The van der Waals surface area contributed by atoms with Gasteiger partial charge in [-0.2, -0.15) is 0 Å². The van der Waals surface area contributed by atoms with Crippen molar-refractivity contribution in [2.75, 3.05) is 43.9 Å². The highest BCUT2D eigenvalue weighted by molar-refractivity contribution is 7.92. The van der Waals surface area contributed by atoms with E-state index >= 15 is 0 Å². The molecule has 1 amide bonds. The van der Waals surface area contributed by atoms with Crippen LogP contribution in [0.3, 0.4) is 0 Å². The first-order valence-electron chi connectivity index (χ1n) is 8.81. The number of rotatable bonds is 7. The Hall–Kier alpha value is -1.02.